The minimum absolute atomic E-state index is 0.901. The Bertz CT molecular complexity index is 465. The highest BCUT2D eigenvalue weighted by Crippen LogP contribution is 2.25. The molecule has 0 aliphatic heterocycles. The van der Waals surface area contributed by atoms with Crippen molar-refractivity contribution in [1.29, 1.82) is 0 Å². The Kier molecular flexibility index (Phi) is 4.51. The average molecular weight is 309 g/mol. The van der Waals surface area contributed by atoms with Gasteiger partial charge in [-0.3, -0.25) is 0 Å². The van der Waals surface area contributed by atoms with Crippen LogP contribution in [0.3, 0.4) is 0 Å². The lowest BCUT2D eigenvalue weighted by atomic mass is 10.2. The first-order chi connectivity index (χ1) is 8.28. The van der Waals surface area contributed by atoms with Crippen LogP contribution in [0.4, 0.5) is 0 Å². The third-order valence-corrected chi connectivity index (χ3v) is 3.99. The number of halogens is 1. The number of ether oxygens (including phenoxy) is 1. The standard InChI is InChI=1S/C14H13BrOS/c1-16-13-6-8-14(9-7-13)17-10-11-2-4-12(15)5-3-11/h2-9H,10H2,1H3. The predicted octanol–water partition coefficient (Wildman–Crippen LogP) is 4.75. The highest BCUT2D eigenvalue weighted by atomic mass is 79.9. The van der Waals surface area contributed by atoms with Gasteiger partial charge in [-0.15, -0.1) is 11.8 Å². The van der Waals surface area contributed by atoms with E-state index in [9.17, 15) is 0 Å². The number of hydrogen-bond acceptors (Lipinski definition) is 2. The van der Waals surface area contributed by atoms with Crippen LogP contribution in [0.15, 0.2) is 57.9 Å². The molecule has 1 nitrogen and oxygen atoms in total. The number of rotatable bonds is 4. The van der Waals surface area contributed by atoms with Crippen LogP contribution >= 0.6 is 27.7 Å². The second-order valence-corrected chi connectivity index (χ2v) is 5.56. The second kappa shape index (κ2) is 6.12. The van der Waals surface area contributed by atoms with Crippen molar-refractivity contribution in [2.24, 2.45) is 0 Å². The maximum Gasteiger partial charge on any atom is 0.118 e. The van der Waals surface area contributed by atoms with Gasteiger partial charge in [-0.2, -0.15) is 0 Å². The smallest absolute Gasteiger partial charge is 0.118 e. The van der Waals surface area contributed by atoms with Gasteiger partial charge in [0.25, 0.3) is 0 Å². The fraction of sp³-hybridized carbons (Fsp3) is 0.143. The summed E-state index contributed by atoms with van der Waals surface area (Å²) in [6.07, 6.45) is 0. The first-order valence-electron chi connectivity index (χ1n) is 5.29. The van der Waals surface area contributed by atoms with E-state index in [4.69, 9.17) is 4.74 Å². The largest absolute Gasteiger partial charge is 0.497 e. The van der Waals surface area contributed by atoms with Crippen LogP contribution in [0, 0.1) is 0 Å². The Balaban J connectivity index is 1.95. The third kappa shape index (κ3) is 3.79. The first kappa shape index (κ1) is 12.5. The van der Waals surface area contributed by atoms with Crippen LogP contribution in [0.2, 0.25) is 0 Å². The van der Waals surface area contributed by atoms with Gasteiger partial charge < -0.3 is 4.74 Å². The summed E-state index contributed by atoms with van der Waals surface area (Å²) in [6.45, 7) is 0. The Labute approximate surface area is 114 Å². The summed E-state index contributed by atoms with van der Waals surface area (Å²) in [4.78, 5) is 1.26. The van der Waals surface area contributed by atoms with Crippen LogP contribution in [-0.4, -0.2) is 7.11 Å². The van der Waals surface area contributed by atoms with Crippen molar-refractivity contribution in [3.63, 3.8) is 0 Å². The van der Waals surface area contributed by atoms with E-state index in [0.29, 0.717) is 0 Å². The van der Waals surface area contributed by atoms with Crippen molar-refractivity contribution in [3.05, 3.63) is 58.6 Å². The lowest BCUT2D eigenvalue weighted by Crippen LogP contribution is -1.82. The van der Waals surface area contributed by atoms with Gasteiger partial charge in [0.05, 0.1) is 7.11 Å². The maximum atomic E-state index is 5.13. The average Bonchev–Trinajstić information content (AvgIpc) is 2.39. The van der Waals surface area contributed by atoms with E-state index in [2.05, 4.69) is 52.3 Å². The Morgan fingerprint density at radius 3 is 2.24 bits per heavy atom. The van der Waals surface area contributed by atoms with Crippen LogP contribution < -0.4 is 4.74 Å². The van der Waals surface area contributed by atoms with Gasteiger partial charge in [0.1, 0.15) is 5.75 Å². The van der Waals surface area contributed by atoms with E-state index < -0.39 is 0 Å². The molecule has 0 aliphatic rings. The summed E-state index contributed by atoms with van der Waals surface area (Å²) < 4.78 is 6.25. The SMILES string of the molecule is COc1ccc(SCc2ccc(Br)cc2)cc1. The van der Waals surface area contributed by atoms with Gasteiger partial charge in [-0.25, -0.2) is 0 Å². The number of benzene rings is 2. The molecule has 0 unspecified atom stereocenters. The fourth-order valence-electron chi connectivity index (χ4n) is 1.42. The second-order valence-electron chi connectivity index (χ2n) is 3.59. The Hall–Kier alpha value is -0.930. The molecule has 17 heavy (non-hydrogen) atoms. The zero-order chi connectivity index (χ0) is 12.1. The molecular formula is C14H13BrOS. The van der Waals surface area contributed by atoms with E-state index >= 15 is 0 Å². The number of thioether (sulfide) groups is 1. The Morgan fingerprint density at radius 2 is 1.65 bits per heavy atom. The van der Waals surface area contributed by atoms with Gasteiger partial charge in [-0.05, 0) is 42.0 Å². The van der Waals surface area contributed by atoms with Crippen molar-refractivity contribution in [2.45, 2.75) is 10.6 Å². The van der Waals surface area contributed by atoms with E-state index in [-0.39, 0.29) is 0 Å². The monoisotopic (exact) mass is 308 g/mol. The van der Waals surface area contributed by atoms with E-state index in [1.165, 1.54) is 10.5 Å². The molecule has 0 bridgehead atoms. The molecule has 0 amide bonds. The fourth-order valence-corrected chi connectivity index (χ4v) is 2.54. The highest BCUT2D eigenvalue weighted by molar-refractivity contribution is 9.10. The van der Waals surface area contributed by atoms with Crippen LogP contribution in [0.25, 0.3) is 0 Å². The summed E-state index contributed by atoms with van der Waals surface area (Å²) in [5, 5.41) is 0. The van der Waals surface area contributed by atoms with Crippen molar-refractivity contribution in [1.82, 2.24) is 0 Å². The molecule has 0 aliphatic carbocycles. The molecular weight excluding hydrogens is 296 g/mol. The number of hydrogen-bond donors (Lipinski definition) is 0. The molecule has 0 N–H and O–H groups in total. The van der Waals surface area contributed by atoms with Crippen molar-refractivity contribution in [2.75, 3.05) is 7.11 Å². The van der Waals surface area contributed by atoms with Gasteiger partial charge in [0.15, 0.2) is 0 Å². The first-order valence-corrected chi connectivity index (χ1v) is 7.07. The molecule has 2 aromatic carbocycles. The van der Waals surface area contributed by atoms with Crippen molar-refractivity contribution >= 4 is 27.7 Å². The van der Waals surface area contributed by atoms with Gasteiger partial charge in [-0.1, -0.05) is 28.1 Å². The normalized spacial score (nSPS) is 10.2. The minimum Gasteiger partial charge on any atom is -0.497 e. The lowest BCUT2D eigenvalue weighted by Gasteiger charge is -2.04. The highest BCUT2D eigenvalue weighted by Gasteiger charge is 1.97. The molecule has 0 saturated carbocycles. The minimum atomic E-state index is 0.901. The zero-order valence-corrected chi connectivity index (χ0v) is 11.9. The summed E-state index contributed by atoms with van der Waals surface area (Å²) >= 11 is 5.26. The summed E-state index contributed by atoms with van der Waals surface area (Å²) in [7, 11) is 1.68. The molecule has 0 aromatic heterocycles. The molecule has 88 valence electrons. The molecule has 2 rings (SSSR count). The van der Waals surface area contributed by atoms with Crippen molar-refractivity contribution in [3.8, 4) is 5.75 Å². The molecule has 0 spiro atoms. The molecule has 2 aromatic rings. The topological polar surface area (TPSA) is 9.23 Å². The molecule has 3 heteroatoms. The van der Waals surface area contributed by atoms with Gasteiger partial charge in [0, 0.05) is 15.1 Å². The van der Waals surface area contributed by atoms with Crippen LogP contribution in [-0.2, 0) is 5.75 Å². The van der Waals surface area contributed by atoms with Gasteiger partial charge >= 0.3 is 0 Å². The van der Waals surface area contributed by atoms with Crippen LogP contribution in [0.1, 0.15) is 5.56 Å². The van der Waals surface area contributed by atoms with E-state index in [1.807, 2.05) is 23.9 Å². The molecule has 0 fully saturated rings. The van der Waals surface area contributed by atoms with E-state index in [1.54, 1.807) is 7.11 Å². The lowest BCUT2D eigenvalue weighted by molar-refractivity contribution is 0.414. The van der Waals surface area contributed by atoms with Crippen LogP contribution in [0.5, 0.6) is 5.75 Å². The van der Waals surface area contributed by atoms with Crippen molar-refractivity contribution < 1.29 is 4.74 Å². The van der Waals surface area contributed by atoms with E-state index in [0.717, 1.165) is 16.0 Å². The molecule has 0 saturated heterocycles. The van der Waals surface area contributed by atoms with Gasteiger partial charge in [0.2, 0.25) is 0 Å². The molecule has 0 radical (unpaired) electrons. The third-order valence-electron chi connectivity index (χ3n) is 2.38. The Morgan fingerprint density at radius 1 is 1.00 bits per heavy atom. The zero-order valence-electron chi connectivity index (χ0n) is 9.52. The maximum absolute atomic E-state index is 5.13. The number of methoxy groups -OCH3 is 1. The summed E-state index contributed by atoms with van der Waals surface area (Å²) in [6, 6.07) is 16.6. The quantitative estimate of drug-likeness (QED) is 0.754. The summed E-state index contributed by atoms with van der Waals surface area (Å²) in [5.41, 5.74) is 1.33. The predicted molar refractivity (Wildman–Crippen MR) is 76.7 cm³/mol. The molecule has 0 heterocycles. The summed E-state index contributed by atoms with van der Waals surface area (Å²) in [5.74, 6) is 1.89. The molecule has 0 atom stereocenters.